The zero-order chi connectivity index (χ0) is 13.6. The summed E-state index contributed by atoms with van der Waals surface area (Å²) in [7, 11) is 1.64. The van der Waals surface area contributed by atoms with Crippen LogP contribution in [0.4, 0.5) is 5.69 Å². The van der Waals surface area contributed by atoms with Crippen LogP contribution in [-0.4, -0.2) is 35.8 Å². The Hall–Kier alpha value is -1.94. The second-order valence-electron chi connectivity index (χ2n) is 5.03. The molecule has 0 spiro atoms. The molecule has 0 radical (unpaired) electrons. The number of aliphatic imine (C=N–C) groups is 2. The van der Waals surface area contributed by atoms with Crippen LogP contribution in [-0.2, 0) is 0 Å². The van der Waals surface area contributed by atoms with E-state index in [1.54, 1.807) is 20.2 Å². The van der Waals surface area contributed by atoms with Crippen LogP contribution in [0.15, 0.2) is 34.3 Å². The molecule has 19 heavy (non-hydrogen) atoms. The lowest BCUT2D eigenvalue weighted by Crippen LogP contribution is -2.44. The molecule has 0 bridgehead atoms. The summed E-state index contributed by atoms with van der Waals surface area (Å²) in [5.74, 6) is 0.780. The number of benzene rings is 1. The van der Waals surface area contributed by atoms with E-state index >= 15 is 0 Å². The zero-order valence-electron chi connectivity index (χ0n) is 11.2. The number of rotatable bonds is 2. The van der Waals surface area contributed by atoms with Crippen LogP contribution in [0.1, 0.15) is 19.4 Å². The molecule has 4 nitrogen and oxygen atoms in total. The summed E-state index contributed by atoms with van der Waals surface area (Å²) in [6, 6.07) is 5.83. The second-order valence-corrected chi connectivity index (χ2v) is 5.03. The number of nitrogens with zero attached hydrogens (tertiary/aromatic N) is 2. The fourth-order valence-electron chi connectivity index (χ4n) is 2.45. The topological polar surface area (TPSA) is 54.2 Å². The number of hydrogen-bond donors (Lipinski definition) is 1. The number of dihydropyridines is 1. The molecule has 98 valence electrons. The molecule has 3 rings (SSSR count). The van der Waals surface area contributed by atoms with Crippen molar-refractivity contribution in [2.75, 3.05) is 7.11 Å². The molecular weight excluding hydrogens is 240 g/mol. The van der Waals surface area contributed by atoms with Gasteiger partial charge in [0.1, 0.15) is 11.3 Å². The number of fused-ring (bicyclic) bond motifs is 3. The Labute approximate surface area is 112 Å². The molecule has 0 saturated heterocycles. The first-order chi connectivity index (χ1) is 9.06. The predicted octanol–water partition coefficient (Wildman–Crippen LogP) is 2.39. The molecule has 1 aromatic rings. The van der Waals surface area contributed by atoms with Gasteiger partial charge in [0.15, 0.2) is 0 Å². The lowest BCUT2D eigenvalue weighted by Gasteiger charge is -2.31. The molecule has 2 aliphatic rings. The van der Waals surface area contributed by atoms with E-state index in [0.717, 1.165) is 28.3 Å². The number of allylic oxidation sites excluding steroid dienone is 1. The van der Waals surface area contributed by atoms with Crippen LogP contribution in [0.2, 0.25) is 0 Å². The van der Waals surface area contributed by atoms with Gasteiger partial charge in [-0.15, -0.1) is 0 Å². The summed E-state index contributed by atoms with van der Waals surface area (Å²) in [5.41, 5.74) is 3.12. The highest BCUT2D eigenvalue weighted by atomic mass is 16.5. The Morgan fingerprint density at radius 1 is 1.37 bits per heavy atom. The molecule has 4 heteroatoms. The third-order valence-electron chi connectivity index (χ3n) is 3.86. The second kappa shape index (κ2) is 4.03. The fourth-order valence-corrected chi connectivity index (χ4v) is 2.45. The van der Waals surface area contributed by atoms with Crippen molar-refractivity contribution in [3.63, 3.8) is 0 Å². The number of hydrogen-bond acceptors (Lipinski definition) is 4. The van der Waals surface area contributed by atoms with Crippen LogP contribution >= 0.6 is 0 Å². The average Bonchev–Trinajstić information content (AvgIpc) is 2.78. The van der Waals surface area contributed by atoms with Crippen molar-refractivity contribution in [3.05, 3.63) is 29.8 Å². The van der Waals surface area contributed by atoms with Crippen LogP contribution in [0.5, 0.6) is 5.75 Å². The lowest BCUT2D eigenvalue weighted by molar-refractivity contribution is 0.148. The van der Waals surface area contributed by atoms with Crippen molar-refractivity contribution in [3.8, 4) is 5.75 Å². The van der Waals surface area contributed by atoms with E-state index < -0.39 is 11.6 Å². The first-order valence-corrected chi connectivity index (χ1v) is 6.28. The van der Waals surface area contributed by atoms with Gasteiger partial charge in [-0.1, -0.05) is 0 Å². The predicted molar refractivity (Wildman–Crippen MR) is 76.6 cm³/mol. The lowest BCUT2D eigenvalue weighted by atomic mass is 9.83. The molecule has 0 saturated carbocycles. The third kappa shape index (κ3) is 1.64. The monoisotopic (exact) mass is 256 g/mol. The summed E-state index contributed by atoms with van der Waals surface area (Å²) < 4.78 is 5.22. The largest absolute Gasteiger partial charge is 0.497 e. The molecule has 2 unspecified atom stereocenters. The van der Waals surface area contributed by atoms with Crippen molar-refractivity contribution in [1.29, 1.82) is 0 Å². The van der Waals surface area contributed by atoms with Crippen molar-refractivity contribution < 1.29 is 9.84 Å². The van der Waals surface area contributed by atoms with Crippen molar-refractivity contribution >= 4 is 23.2 Å². The first-order valence-electron chi connectivity index (χ1n) is 6.28. The van der Waals surface area contributed by atoms with Gasteiger partial charge in [-0.25, -0.2) is 4.99 Å². The van der Waals surface area contributed by atoms with E-state index in [1.807, 2.05) is 31.2 Å². The Balaban J connectivity index is 2.15. The molecule has 2 aliphatic heterocycles. The Morgan fingerprint density at radius 3 is 2.84 bits per heavy atom. The normalized spacial score (nSPS) is 25.3. The number of ether oxygens (including phenoxy) is 1. The van der Waals surface area contributed by atoms with E-state index in [9.17, 15) is 5.11 Å². The van der Waals surface area contributed by atoms with Gasteiger partial charge in [-0.2, -0.15) is 0 Å². The summed E-state index contributed by atoms with van der Waals surface area (Å²) in [5, 5.41) is 10.0. The van der Waals surface area contributed by atoms with E-state index in [0.29, 0.717) is 0 Å². The van der Waals surface area contributed by atoms with Crippen LogP contribution in [0.3, 0.4) is 0 Å². The molecule has 2 heterocycles. The highest BCUT2D eigenvalue weighted by molar-refractivity contribution is 6.36. The maximum Gasteiger partial charge on any atom is 0.126 e. The van der Waals surface area contributed by atoms with Crippen molar-refractivity contribution in [2.45, 2.75) is 25.5 Å². The smallest absolute Gasteiger partial charge is 0.126 e. The Morgan fingerprint density at radius 2 is 2.16 bits per heavy atom. The summed E-state index contributed by atoms with van der Waals surface area (Å²) in [4.78, 5) is 9.07. The van der Waals surface area contributed by atoms with Crippen molar-refractivity contribution in [2.24, 2.45) is 9.98 Å². The summed E-state index contributed by atoms with van der Waals surface area (Å²) >= 11 is 0. The molecular formula is C15H16N2O2. The van der Waals surface area contributed by atoms with Gasteiger partial charge in [-0.3, -0.25) is 4.99 Å². The van der Waals surface area contributed by atoms with Crippen LogP contribution < -0.4 is 4.74 Å². The van der Waals surface area contributed by atoms with Gasteiger partial charge in [0.2, 0.25) is 0 Å². The van der Waals surface area contributed by atoms with Crippen molar-refractivity contribution in [1.82, 2.24) is 0 Å². The maximum atomic E-state index is 10.0. The summed E-state index contributed by atoms with van der Waals surface area (Å²) in [6.07, 6.45) is 3.10. The van der Waals surface area contributed by atoms with Gasteiger partial charge >= 0.3 is 0 Å². The van der Waals surface area contributed by atoms with E-state index in [1.165, 1.54) is 0 Å². The first kappa shape index (κ1) is 12.1. The summed E-state index contributed by atoms with van der Waals surface area (Å²) in [6.45, 7) is 3.65. The van der Waals surface area contributed by atoms with Crippen LogP contribution in [0, 0.1) is 0 Å². The molecule has 0 amide bonds. The molecule has 0 aromatic heterocycles. The number of aliphatic hydroxyl groups is 1. The molecule has 0 fully saturated rings. The third-order valence-corrected chi connectivity index (χ3v) is 3.86. The van der Waals surface area contributed by atoms with E-state index in [-0.39, 0.29) is 0 Å². The van der Waals surface area contributed by atoms with Gasteiger partial charge in [0, 0.05) is 23.4 Å². The van der Waals surface area contributed by atoms with Crippen LogP contribution in [0.25, 0.3) is 5.57 Å². The Kier molecular flexibility index (Phi) is 2.57. The van der Waals surface area contributed by atoms with Gasteiger partial charge < -0.3 is 9.84 Å². The quantitative estimate of drug-likeness (QED) is 0.883. The number of aliphatic hydroxyl groups excluding tert-OH is 1. The molecule has 1 N–H and O–H groups in total. The van der Waals surface area contributed by atoms with E-state index in [4.69, 9.17) is 4.74 Å². The van der Waals surface area contributed by atoms with Gasteiger partial charge in [-0.05, 0) is 32.1 Å². The SMILES string of the molecule is COc1ccc2c(c1)N=C1C2=CC=NC1(C)C(C)O. The minimum Gasteiger partial charge on any atom is -0.497 e. The zero-order valence-corrected chi connectivity index (χ0v) is 11.2. The standard InChI is InChI=1S/C15H16N2O2/c1-9(18)15(2)14-12(6-7-16-15)11-5-4-10(19-3)8-13(11)17-14/h4-9,18H,1-3H3. The van der Waals surface area contributed by atoms with Gasteiger partial charge in [0.05, 0.1) is 24.6 Å². The minimum absolute atomic E-state index is 0.595. The highest BCUT2D eigenvalue weighted by Gasteiger charge is 2.41. The van der Waals surface area contributed by atoms with E-state index in [2.05, 4.69) is 9.98 Å². The molecule has 0 aliphatic carbocycles. The average molecular weight is 256 g/mol. The minimum atomic E-state index is -0.684. The van der Waals surface area contributed by atoms with Gasteiger partial charge in [0.25, 0.3) is 0 Å². The molecule has 1 aromatic carbocycles. The number of methoxy groups -OCH3 is 1. The fraction of sp³-hybridized carbons (Fsp3) is 0.333. The highest BCUT2D eigenvalue weighted by Crippen LogP contribution is 2.42. The Bertz CT molecular complexity index is 629. The maximum absolute atomic E-state index is 10.0. The molecule has 2 atom stereocenters.